The first-order valence-electron chi connectivity index (χ1n) is 9.99. The average Bonchev–Trinajstić information content (AvgIpc) is 2.96. The molecule has 0 amide bonds. The van der Waals surface area contributed by atoms with Crippen LogP contribution in [0.1, 0.15) is 25.0 Å². The topological polar surface area (TPSA) is 0 Å². The molecule has 1 radical (unpaired) electrons. The van der Waals surface area contributed by atoms with Gasteiger partial charge in [-0.25, -0.2) is 0 Å². The fourth-order valence-electron chi connectivity index (χ4n) is 4.57. The van der Waals surface area contributed by atoms with Crippen LogP contribution >= 0.6 is 15.9 Å². The Morgan fingerprint density at radius 3 is 1.69 bits per heavy atom. The molecule has 0 nitrogen and oxygen atoms in total. The smallest absolute Gasteiger partial charge is 0.0624 e. The molecule has 5 rings (SSSR count). The maximum atomic E-state index is 3.67. The van der Waals surface area contributed by atoms with Gasteiger partial charge in [0.1, 0.15) is 0 Å². The molecule has 0 saturated carbocycles. The van der Waals surface area contributed by atoms with Crippen LogP contribution in [0.15, 0.2) is 102 Å². The lowest BCUT2D eigenvalue weighted by atomic mass is 9.82. The van der Waals surface area contributed by atoms with Crippen LogP contribution in [0.2, 0.25) is 0 Å². The van der Waals surface area contributed by atoms with Crippen LogP contribution in [0.25, 0.3) is 11.1 Å². The van der Waals surface area contributed by atoms with Gasteiger partial charge in [-0.3, -0.25) is 0 Å². The molecule has 0 heterocycles. The van der Waals surface area contributed by atoms with Crippen LogP contribution in [0.4, 0.5) is 0 Å². The van der Waals surface area contributed by atoms with Gasteiger partial charge in [-0.2, -0.15) is 0 Å². The minimum atomic E-state index is -1.05. The highest BCUT2D eigenvalue weighted by Crippen LogP contribution is 2.48. The minimum Gasteiger partial charge on any atom is -0.0624 e. The van der Waals surface area contributed by atoms with Gasteiger partial charge in [0.2, 0.25) is 0 Å². The van der Waals surface area contributed by atoms with Crippen molar-refractivity contribution >= 4 is 40.3 Å². The van der Waals surface area contributed by atoms with Gasteiger partial charge in [0.05, 0.1) is 0 Å². The molecule has 0 atom stereocenters. The van der Waals surface area contributed by atoms with Gasteiger partial charge >= 0.3 is 0 Å². The maximum Gasteiger partial charge on any atom is 0.154 e. The van der Waals surface area contributed by atoms with Crippen LogP contribution in [-0.2, 0) is 5.41 Å². The molecule has 1 aliphatic carbocycles. The quantitative estimate of drug-likeness (QED) is 0.292. The fraction of sp³-hybridized carbons (Fsp3) is 0.111. The summed E-state index contributed by atoms with van der Waals surface area (Å²) in [6, 6.07) is 35.9. The highest BCUT2D eigenvalue weighted by atomic mass is 79.9. The molecular weight excluding hydrogens is 432 g/mol. The summed E-state index contributed by atoms with van der Waals surface area (Å²) < 4.78 is 1.15. The molecule has 4 aromatic carbocycles. The van der Waals surface area contributed by atoms with Crippen molar-refractivity contribution in [3.8, 4) is 11.1 Å². The Kier molecular flexibility index (Phi) is 4.57. The Morgan fingerprint density at radius 1 is 0.586 bits per heavy atom. The molecule has 1 aliphatic rings. The van der Waals surface area contributed by atoms with E-state index in [4.69, 9.17) is 0 Å². The van der Waals surface area contributed by atoms with Crippen molar-refractivity contribution in [2.24, 2.45) is 0 Å². The second kappa shape index (κ2) is 7.12. The molecule has 4 aromatic rings. The molecule has 0 N–H and O–H groups in total. The first-order chi connectivity index (χ1) is 14.1. The van der Waals surface area contributed by atoms with E-state index in [1.165, 1.54) is 37.8 Å². The Bertz CT molecular complexity index is 1140. The van der Waals surface area contributed by atoms with Crippen molar-refractivity contribution in [2.75, 3.05) is 0 Å². The number of hydrogen-bond donors (Lipinski definition) is 0. The Labute approximate surface area is 183 Å². The van der Waals surface area contributed by atoms with Gasteiger partial charge in [0.25, 0.3) is 0 Å². The summed E-state index contributed by atoms with van der Waals surface area (Å²) in [5, 5.41) is 4.31. The summed E-state index contributed by atoms with van der Waals surface area (Å²) in [6.45, 7) is 4.71. The summed E-state index contributed by atoms with van der Waals surface area (Å²) in [5.41, 5.74) is 5.60. The predicted molar refractivity (Wildman–Crippen MR) is 129 cm³/mol. The van der Waals surface area contributed by atoms with Crippen molar-refractivity contribution in [3.05, 3.63) is 113 Å². The molecule has 0 aliphatic heterocycles. The molecular formula is C27H22BrSi. The van der Waals surface area contributed by atoms with Crippen molar-refractivity contribution in [1.29, 1.82) is 0 Å². The minimum absolute atomic E-state index is 0.00477. The molecule has 141 valence electrons. The largest absolute Gasteiger partial charge is 0.154 e. The van der Waals surface area contributed by atoms with Crippen LogP contribution < -0.4 is 15.6 Å². The van der Waals surface area contributed by atoms with Gasteiger partial charge in [0, 0.05) is 9.89 Å². The highest BCUT2D eigenvalue weighted by molar-refractivity contribution is 9.10. The lowest BCUT2D eigenvalue weighted by Crippen LogP contribution is -2.52. The van der Waals surface area contributed by atoms with Crippen molar-refractivity contribution in [2.45, 2.75) is 19.3 Å². The number of fused-ring (bicyclic) bond motifs is 3. The maximum absolute atomic E-state index is 3.67. The molecule has 0 spiro atoms. The Hall–Kier alpha value is -2.42. The van der Waals surface area contributed by atoms with E-state index >= 15 is 0 Å². The number of halogens is 1. The summed E-state index contributed by atoms with van der Waals surface area (Å²) in [4.78, 5) is 0. The zero-order chi connectivity index (χ0) is 20.0. The third-order valence-corrected chi connectivity index (χ3v) is 9.25. The van der Waals surface area contributed by atoms with E-state index in [0.717, 1.165) is 4.47 Å². The van der Waals surface area contributed by atoms with E-state index in [2.05, 4.69) is 127 Å². The molecule has 0 saturated heterocycles. The number of rotatable bonds is 3. The van der Waals surface area contributed by atoms with Crippen LogP contribution in [0.3, 0.4) is 0 Å². The lowest BCUT2D eigenvalue weighted by Gasteiger charge is -2.24. The number of hydrogen-bond acceptors (Lipinski definition) is 0. The fourth-order valence-corrected chi connectivity index (χ4v) is 7.53. The van der Waals surface area contributed by atoms with Gasteiger partial charge in [-0.05, 0) is 34.4 Å². The lowest BCUT2D eigenvalue weighted by molar-refractivity contribution is 0.660. The van der Waals surface area contributed by atoms with E-state index < -0.39 is 8.80 Å². The van der Waals surface area contributed by atoms with Crippen molar-refractivity contribution < 1.29 is 0 Å². The summed E-state index contributed by atoms with van der Waals surface area (Å²) >= 11 is 3.67. The summed E-state index contributed by atoms with van der Waals surface area (Å²) in [6.07, 6.45) is 0. The highest BCUT2D eigenvalue weighted by Gasteiger charge is 2.36. The predicted octanol–water partition coefficient (Wildman–Crippen LogP) is 5.27. The molecule has 0 unspecified atom stereocenters. The molecule has 0 fully saturated rings. The summed E-state index contributed by atoms with van der Waals surface area (Å²) in [7, 11) is -1.05. The van der Waals surface area contributed by atoms with E-state index in [1.54, 1.807) is 0 Å². The van der Waals surface area contributed by atoms with Crippen molar-refractivity contribution in [3.63, 3.8) is 0 Å². The molecule has 2 heteroatoms. The zero-order valence-electron chi connectivity index (χ0n) is 16.6. The molecule has 29 heavy (non-hydrogen) atoms. The first-order valence-corrected chi connectivity index (χ1v) is 12.3. The second-order valence-electron chi connectivity index (χ2n) is 8.18. The van der Waals surface area contributed by atoms with E-state index in [-0.39, 0.29) is 5.41 Å². The van der Waals surface area contributed by atoms with Gasteiger partial charge in [0.15, 0.2) is 8.80 Å². The average molecular weight is 454 g/mol. The summed E-state index contributed by atoms with van der Waals surface area (Å²) in [5.74, 6) is 0. The molecule has 0 bridgehead atoms. The van der Waals surface area contributed by atoms with Crippen molar-refractivity contribution in [1.82, 2.24) is 0 Å². The monoisotopic (exact) mass is 453 g/mol. The SMILES string of the molecule is CC1(C)c2cc(Br)ccc2-c2ccc([Si](c3ccccc3)c3ccccc3)cc21. The van der Waals surface area contributed by atoms with Gasteiger partial charge in [-0.15, -0.1) is 0 Å². The third kappa shape index (κ3) is 3.11. The third-order valence-electron chi connectivity index (χ3n) is 6.05. The first kappa shape index (κ1) is 18.6. The zero-order valence-corrected chi connectivity index (χ0v) is 19.2. The van der Waals surface area contributed by atoms with Gasteiger partial charge < -0.3 is 0 Å². The normalized spacial score (nSPS) is 13.9. The standard InChI is InChI=1S/C27H22BrSi/c1-27(2)25-17-19(28)13-15-23(25)24-16-14-22(18-26(24)27)29(20-9-5-3-6-10-20)21-11-7-4-8-12-21/h3-18H,1-2H3. The van der Waals surface area contributed by atoms with Crippen LogP contribution in [0.5, 0.6) is 0 Å². The Balaban J connectivity index is 1.69. The second-order valence-corrected chi connectivity index (χ2v) is 11.6. The van der Waals surface area contributed by atoms with E-state index in [1.807, 2.05) is 0 Å². The number of benzene rings is 4. The van der Waals surface area contributed by atoms with Gasteiger partial charge in [-0.1, -0.05) is 130 Å². The Morgan fingerprint density at radius 2 is 1.10 bits per heavy atom. The van der Waals surface area contributed by atoms with E-state index in [0.29, 0.717) is 0 Å². The van der Waals surface area contributed by atoms with Crippen LogP contribution in [0, 0.1) is 0 Å². The molecule has 0 aromatic heterocycles. The van der Waals surface area contributed by atoms with E-state index in [9.17, 15) is 0 Å². The van der Waals surface area contributed by atoms with Crippen LogP contribution in [-0.4, -0.2) is 8.80 Å².